The summed E-state index contributed by atoms with van der Waals surface area (Å²) in [5.74, 6) is -0.292. The van der Waals surface area contributed by atoms with E-state index < -0.39 is 0 Å². The molecule has 0 radical (unpaired) electrons. The van der Waals surface area contributed by atoms with Crippen LogP contribution in [0.15, 0.2) is 60.0 Å². The van der Waals surface area contributed by atoms with Crippen molar-refractivity contribution in [3.63, 3.8) is 0 Å². The summed E-state index contributed by atoms with van der Waals surface area (Å²) in [5, 5.41) is 7.95. The van der Waals surface area contributed by atoms with Crippen molar-refractivity contribution in [2.45, 2.75) is 6.92 Å². The van der Waals surface area contributed by atoms with Crippen LogP contribution in [0.4, 0.5) is 10.8 Å². The lowest BCUT2D eigenvalue weighted by Gasteiger charge is -2.03. The van der Waals surface area contributed by atoms with Gasteiger partial charge in [0.15, 0.2) is 5.13 Å². The Balaban J connectivity index is 1.71. The second-order valence-electron chi connectivity index (χ2n) is 5.12. The molecule has 0 saturated carbocycles. The lowest BCUT2D eigenvalue weighted by Crippen LogP contribution is -2.11. The summed E-state index contributed by atoms with van der Waals surface area (Å²) in [7, 11) is 0. The molecule has 0 saturated heterocycles. The molecule has 0 spiro atoms. The molecule has 6 heteroatoms. The van der Waals surface area contributed by atoms with Gasteiger partial charge in [-0.15, -0.1) is 11.3 Å². The number of hydrogen-bond donors (Lipinski definition) is 2. The van der Waals surface area contributed by atoms with E-state index in [4.69, 9.17) is 0 Å². The Hall–Kier alpha value is -2.99. The lowest BCUT2D eigenvalue weighted by atomic mass is 10.1. The van der Waals surface area contributed by atoms with Gasteiger partial charge in [-0.2, -0.15) is 0 Å². The lowest BCUT2D eigenvalue weighted by molar-refractivity contribution is -0.114. The largest absolute Gasteiger partial charge is 0.326 e. The first-order valence-electron chi connectivity index (χ1n) is 7.32. The molecule has 0 aliphatic rings. The van der Waals surface area contributed by atoms with Crippen LogP contribution in [0.2, 0.25) is 0 Å². The zero-order valence-electron chi connectivity index (χ0n) is 12.9. The van der Waals surface area contributed by atoms with E-state index in [1.807, 2.05) is 47.8 Å². The van der Waals surface area contributed by atoms with Crippen molar-refractivity contribution in [1.82, 2.24) is 4.98 Å². The highest BCUT2D eigenvalue weighted by atomic mass is 32.1. The maximum atomic E-state index is 12.1. The van der Waals surface area contributed by atoms with Gasteiger partial charge in [0.1, 0.15) is 0 Å². The average Bonchev–Trinajstić information content (AvgIpc) is 3.04. The van der Waals surface area contributed by atoms with Crippen molar-refractivity contribution in [2.75, 3.05) is 10.6 Å². The number of carbonyl (C=O) groups is 2. The van der Waals surface area contributed by atoms with Gasteiger partial charge in [-0.3, -0.25) is 14.9 Å². The van der Waals surface area contributed by atoms with Gasteiger partial charge >= 0.3 is 0 Å². The molecule has 0 unspecified atom stereocenters. The van der Waals surface area contributed by atoms with Crippen molar-refractivity contribution < 1.29 is 9.59 Å². The van der Waals surface area contributed by atoms with E-state index in [1.54, 1.807) is 12.1 Å². The molecule has 2 aromatic carbocycles. The van der Waals surface area contributed by atoms with Gasteiger partial charge in [0.05, 0.1) is 5.69 Å². The van der Waals surface area contributed by atoms with Gasteiger partial charge in [0, 0.05) is 29.1 Å². The predicted octanol–water partition coefficient (Wildman–Crippen LogP) is 4.02. The summed E-state index contributed by atoms with van der Waals surface area (Å²) in [6.45, 7) is 1.47. The van der Waals surface area contributed by atoms with E-state index in [2.05, 4.69) is 15.6 Å². The third-order valence-corrected chi connectivity index (χ3v) is 4.02. The SMILES string of the molecule is CC(=O)Nc1ccc(-c2csc(NC(=O)c3ccccc3)n2)cc1. The van der Waals surface area contributed by atoms with E-state index in [1.165, 1.54) is 18.3 Å². The smallest absolute Gasteiger partial charge is 0.257 e. The van der Waals surface area contributed by atoms with Gasteiger partial charge in [-0.25, -0.2) is 4.98 Å². The summed E-state index contributed by atoms with van der Waals surface area (Å²) in [6.07, 6.45) is 0. The fraction of sp³-hybridized carbons (Fsp3) is 0.0556. The second kappa shape index (κ2) is 7.06. The Kier molecular flexibility index (Phi) is 4.67. The van der Waals surface area contributed by atoms with Crippen LogP contribution in [0.1, 0.15) is 17.3 Å². The highest BCUT2D eigenvalue weighted by molar-refractivity contribution is 7.14. The molecule has 2 N–H and O–H groups in total. The maximum absolute atomic E-state index is 12.1. The highest BCUT2D eigenvalue weighted by Crippen LogP contribution is 2.26. The molecule has 0 bridgehead atoms. The molecule has 0 aliphatic heterocycles. The Morgan fingerprint density at radius 3 is 2.33 bits per heavy atom. The molecule has 0 aliphatic carbocycles. The molecule has 0 atom stereocenters. The van der Waals surface area contributed by atoms with Crippen LogP contribution in [-0.4, -0.2) is 16.8 Å². The minimum Gasteiger partial charge on any atom is -0.326 e. The van der Waals surface area contributed by atoms with Crippen molar-refractivity contribution in [1.29, 1.82) is 0 Å². The summed E-state index contributed by atoms with van der Waals surface area (Å²) < 4.78 is 0. The second-order valence-corrected chi connectivity index (χ2v) is 5.97. The molecular weight excluding hydrogens is 322 g/mol. The van der Waals surface area contributed by atoms with Gasteiger partial charge in [-0.1, -0.05) is 30.3 Å². The Morgan fingerprint density at radius 1 is 0.958 bits per heavy atom. The van der Waals surface area contributed by atoms with Crippen molar-refractivity contribution in [3.05, 3.63) is 65.5 Å². The molecule has 0 fully saturated rings. The fourth-order valence-corrected chi connectivity index (χ4v) is 2.86. The van der Waals surface area contributed by atoms with Crippen LogP contribution in [0.25, 0.3) is 11.3 Å². The molecule has 2 amide bonds. The van der Waals surface area contributed by atoms with E-state index in [-0.39, 0.29) is 11.8 Å². The quantitative estimate of drug-likeness (QED) is 0.755. The van der Waals surface area contributed by atoms with E-state index in [0.29, 0.717) is 10.7 Å². The van der Waals surface area contributed by atoms with Crippen LogP contribution >= 0.6 is 11.3 Å². The Labute approximate surface area is 143 Å². The number of amides is 2. The first kappa shape index (κ1) is 15.9. The summed E-state index contributed by atoms with van der Waals surface area (Å²) in [6, 6.07) is 16.4. The number of aromatic nitrogens is 1. The molecule has 5 nitrogen and oxygen atoms in total. The minimum absolute atomic E-state index is 0.109. The van der Waals surface area contributed by atoms with Crippen LogP contribution in [0.3, 0.4) is 0 Å². The van der Waals surface area contributed by atoms with E-state index in [0.717, 1.165) is 16.9 Å². The number of nitrogens with zero attached hydrogens (tertiary/aromatic N) is 1. The van der Waals surface area contributed by atoms with Gasteiger partial charge in [-0.05, 0) is 24.3 Å². The number of nitrogens with one attached hydrogen (secondary N) is 2. The van der Waals surface area contributed by atoms with Crippen molar-refractivity contribution >= 4 is 34.0 Å². The van der Waals surface area contributed by atoms with Crippen LogP contribution in [0.5, 0.6) is 0 Å². The third-order valence-electron chi connectivity index (χ3n) is 3.26. The number of carbonyl (C=O) groups excluding carboxylic acids is 2. The molecular formula is C18H15N3O2S. The van der Waals surface area contributed by atoms with Gasteiger partial charge < -0.3 is 5.32 Å². The van der Waals surface area contributed by atoms with E-state index >= 15 is 0 Å². The molecule has 120 valence electrons. The van der Waals surface area contributed by atoms with Crippen LogP contribution in [0, 0.1) is 0 Å². The maximum Gasteiger partial charge on any atom is 0.257 e. The average molecular weight is 337 g/mol. The molecule has 24 heavy (non-hydrogen) atoms. The number of thiazole rings is 1. The third kappa shape index (κ3) is 3.85. The van der Waals surface area contributed by atoms with Crippen LogP contribution < -0.4 is 10.6 Å². The number of rotatable bonds is 4. The monoisotopic (exact) mass is 337 g/mol. The van der Waals surface area contributed by atoms with Gasteiger partial charge in [0.2, 0.25) is 5.91 Å². The predicted molar refractivity (Wildman–Crippen MR) is 96.2 cm³/mol. The topological polar surface area (TPSA) is 71.1 Å². The van der Waals surface area contributed by atoms with E-state index in [9.17, 15) is 9.59 Å². The zero-order chi connectivity index (χ0) is 16.9. The summed E-state index contributed by atoms with van der Waals surface area (Å²) in [5.41, 5.74) is 3.02. The number of hydrogen-bond acceptors (Lipinski definition) is 4. The number of benzene rings is 2. The summed E-state index contributed by atoms with van der Waals surface area (Å²) in [4.78, 5) is 27.6. The molecule has 3 aromatic rings. The Morgan fingerprint density at radius 2 is 1.67 bits per heavy atom. The molecule has 3 rings (SSSR count). The first-order chi connectivity index (χ1) is 11.6. The molecule has 1 heterocycles. The zero-order valence-corrected chi connectivity index (χ0v) is 13.8. The first-order valence-corrected chi connectivity index (χ1v) is 8.20. The fourth-order valence-electron chi connectivity index (χ4n) is 2.15. The van der Waals surface area contributed by atoms with Gasteiger partial charge in [0.25, 0.3) is 5.91 Å². The number of anilines is 2. The summed E-state index contributed by atoms with van der Waals surface area (Å²) >= 11 is 1.37. The minimum atomic E-state index is -0.183. The highest BCUT2D eigenvalue weighted by Gasteiger charge is 2.09. The standard InChI is InChI=1S/C18H15N3O2S/c1-12(22)19-15-9-7-13(8-10-15)16-11-24-18(20-16)21-17(23)14-5-3-2-4-6-14/h2-11H,1H3,(H,19,22)(H,20,21,23). The van der Waals surface area contributed by atoms with Crippen molar-refractivity contribution in [2.24, 2.45) is 0 Å². The van der Waals surface area contributed by atoms with Crippen LogP contribution in [-0.2, 0) is 4.79 Å². The van der Waals surface area contributed by atoms with Crippen molar-refractivity contribution in [3.8, 4) is 11.3 Å². The normalized spacial score (nSPS) is 10.2. The molecule has 1 aromatic heterocycles. The Bertz CT molecular complexity index is 857.